The largest absolute Gasteiger partial charge is 0.316 e. The van der Waals surface area contributed by atoms with Crippen molar-refractivity contribution in [3.63, 3.8) is 0 Å². The molecule has 9 heteroatoms. The normalized spacial score (nSPS) is 12.6. The molecule has 3 aromatic rings. The van der Waals surface area contributed by atoms with Crippen LogP contribution in [0.15, 0.2) is 53.5 Å². The van der Waals surface area contributed by atoms with E-state index in [2.05, 4.69) is 4.99 Å². The first-order valence-corrected chi connectivity index (χ1v) is 13.4. The number of carbonyl (C=O) groups is 1. The van der Waals surface area contributed by atoms with Gasteiger partial charge in [0.15, 0.2) is 14.6 Å². The van der Waals surface area contributed by atoms with Crippen molar-refractivity contribution < 1.29 is 13.2 Å². The third-order valence-corrected chi connectivity index (χ3v) is 7.71. The number of aromatic nitrogens is 1. The Balaban J connectivity index is 1.78. The molecule has 0 saturated carbocycles. The summed E-state index contributed by atoms with van der Waals surface area (Å²) >= 11 is 9.18. The highest BCUT2D eigenvalue weighted by atomic mass is 35.5. The van der Waals surface area contributed by atoms with Gasteiger partial charge in [0.1, 0.15) is 0 Å². The van der Waals surface area contributed by atoms with E-state index in [1.165, 1.54) is 11.3 Å². The molecule has 5 nitrogen and oxygen atoms in total. The molecule has 0 aliphatic carbocycles. The molecular weight excluding hydrogens is 448 g/mol. The smallest absolute Gasteiger partial charge is 0.249 e. The van der Waals surface area contributed by atoms with Crippen LogP contribution in [-0.4, -0.2) is 36.7 Å². The molecule has 2 aromatic carbocycles. The van der Waals surface area contributed by atoms with Crippen molar-refractivity contribution in [2.75, 3.05) is 17.8 Å². The number of hydrogen-bond acceptors (Lipinski definition) is 5. The maximum Gasteiger partial charge on any atom is 0.249 e. The number of thiazole rings is 1. The molecule has 154 valence electrons. The minimum absolute atomic E-state index is 0.0732. The summed E-state index contributed by atoms with van der Waals surface area (Å²) in [6.07, 6.45) is 1.89. The minimum atomic E-state index is -3.38. The van der Waals surface area contributed by atoms with Crippen molar-refractivity contribution in [3.8, 4) is 0 Å². The molecule has 3 rings (SSSR count). The quantitative estimate of drug-likeness (QED) is 0.498. The van der Waals surface area contributed by atoms with Crippen LogP contribution in [-0.2, 0) is 26.9 Å². The predicted octanol–water partition coefficient (Wildman–Crippen LogP) is 4.15. The zero-order chi connectivity index (χ0) is 20.9. The molecule has 0 aliphatic rings. The lowest BCUT2D eigenvalue weighted by molar-refractivity contribution is -0.117. The monoisotopic (exact) mass is 468 g/mol. The number of aryl methyl sites for hydroxylation is 1. The lowest BCUT2D eigenvalue weighted by Gasteiger charge is -2.04. The van der Waals surface area contributed by atoms with E-state index >= 15 is 0 Å². The van der Waals surface area contributed by atoms with E-state index in [9.17, 15) is 13.2 Å². The number of amides is 1. The summed E-state index contributed by atoms with van der Waals surface area (Å²) < 4.78 is 27.6. The number of rotatable bonds is 8. The van der Waals surface area contributed by atoms with Crippen LogP contribution < -0.4 is 4.80 Å². The SMILES string of the molecule is CSCCn1c(=NC(=O)CCS(=O)(=O)Cc2ccccc2)sc2cc(Cl)ccc21. The molecule has 1 amide bonds. The van der Waals surface area contributed by atoms with Gasteiger partial charge >= 0.3 is 0 Å². The number of sulfone groups is 1. The van der Waals surface area contributed by atoms with Crippen LogP contribution in [0.4, 0.5) is 0 Å². The Kier molecular flexibility index (Phi) is 7.56. The van der Waals surface area contributed by atoms with Crippen molar-refractivity contribution in [1.82, 2.24) is 4.57 Å². The van der Waals surface area contributed by atoms with E-state index in [4.69, 9.17) is 11.6 Å². The number of halogens is 1. The summed E-state index contributed by atoms with van der Waals surface area (Å²) in [7, 11) is -3.38. The summed E-state index contributed by atoms with van der Waals surface area (Å²) in [6.45, 7) is 0.710. The maximum atomic E-state index is 12.4. The molecule has 0 N–H and O–H groups in total. The fraction of sp³-hybridized carbons (Fsp3) is 0.300. The van der Waals surface area contributed by atoms with Crippen LogP contribution in [0.1, 0.15) is 12.0 Å². The van der Waals surface area contributed by atoms with Gasteiger partial charge in [-0.3, -0.25) is 4.79 Å². The lowest BCUT2D eigenvalue weighted by atomic mass is 10.2. The Labute approximate surface area is 183 Å². The number of benzene rings is 2. The summed E-state index contributed by atoms with van der Waals surface area (Å²) in [5, 5.41) is 0.626. The first kappa shape index (κ1) is 22.1. The van der Waals surface area contributed by atoms with Crippen LogP contribution in [0.2, 0.25) is 5.02 Å². The predicted molar refractivity (Wildman–Crippen MR) is 122 cm³/mol. The topological polar surface area (TPSA) is 68.5 Å². The second kappa shape index (κ2) is 9.93. The Bertz CT molecular complexity index is 1170. The van der Waals surface area contributed by atoms with Gasteiger partial charge in [-0.05, 0) is 30.0 Å². The maximum absolute atomic E-state index is 12.4. The van der Waals surface area contributed by atoms with Gasteiger partial charge in [0.05, 0.1) is 21.7 Å². The number of thioether (sulfide) groups is 1. The van der Waals surface area contributed by atoms with E-state index < -0.39 is 15.7 Å². The van der Waals surface area contributed by atoms with Crippen LogP contribution in [0.5, 0.6) is 0 Å². The van der Waals surface area contributed by atoms with Gasteiger partial charge in [-0.2, -0.15) is 16.8 Å². The number of hydrogen-bond donors (Lipinski definition) is 0. The van der Waals surface area contributed by atoms with Crippen molar-refractivity contribution in [2.45, 2.75) is 18.7 Å². The van der Waals surface area contributed by atoms with Crippen molar-refractivity contribution in [3.05, 3.63) is 63.9 Å². The van der Waals surface area contributed by atoms with E-state index in [1.807, 2.05) is 35.1 Å². The molecule has 0 unspecified atom stereocenters. The van der Waals surface area contributed by atoms with E-state index in [0.29, 0.717) is 21.9 Å². The Morgan fingerprint density at radius 2 is 1.97 bits per heavy atom. The standard InChI is InChI=1S/C20H21ClN2O3S3/c1-27-11-10-23-17-8-7-16(21)13-18(17)28-20(23)22-19(24)9-12-29(25,26)14-15-5-3-2-4-6-15/h2-8,13H,9-12,14H2,1H3. The van der Waals surface area contributed by atoms with Gasteiger partial charge in [0.25, 0.3) is 0 Å². The molecule has 0 spiro atoms. The zero-order valence-electron chi connectivity index (χ0n) is 15.9. The Morgan fingerprint density at radius 1 is 1.21 bits per heavy atom. The summed E-state index contributed by atoms with van der Waals surface area (Å²) in [6, 6.07) is 14.5. The van der Waals surface area contributed by atoms with Crippen molar-refractivity contribution >= 4 is 60.7 Å². The number of nitrogens with zero attached hydrogens (tertiary/aromatic N) is 2. The molecule has 1 aromatic heterocycles. The van der Waals surface area contributed by atoms with Gasteiger partial charge in [0, 0.05) is 23.7 Å². The van der Waals surface area contributed by atoms with Crippen LogP contribution in [0, 0.1) is 0 Å². The highest BCUT2D eigenvalue weighted by molar-refractivity contribution is 7.98. The second-order valence-electron chi connectivity index (χ2n) is 6.47. The molecule has 0 atom stereocenters. The molecule has 29 heavy (non-hydrogen) atoms. The van der Waals surface area contributed by atoms with Crippen LogP contribution in [0.3, 0.4) is 0 Å². The zero-order valence-corrected chi connectivity index (χ0v) is 19.1. The Hall–Kier alpha value is -1.61. The molecule has 0 bridgehead atoms. The highest BCUT2D eigenvalue weighted by Crippen LogP contribution is 2.22. The molecule has 0 aliphatic heterocycles. The van der Waals surface area contributed by atoms with Crippen molar-refractivity contribution in [1.29, 1.82) is 0 Å². The minimum Gasteiger partial charge on any atom is -0.316 e. The summed E-state index contributed by atoms with van der Waals surface area (Å²) in [5.74, 6) is 0.153. The highest BCUT2D eigenvalue weighted by Gasteiger charge is 2.15. The summed E-state index contributed by atoms with van der Waals surface area (Å²) in [4.78, 5) is 17.2. The molecule has 0 saturated heterocycles. The summed E-state index contributed by atoms with van der Waals surface area (Å²) in [5.41, 5.74) is 1.69. The average Bonchev–Trinajstić information content (AvgIpc) is 3.01. The fourth-order valence-corrected chi connectivity index (χ4v) is 5.88. The first-order chi connectivity index (χ1) is 13.9. The van der Waals surface area contributed by atoms with Gasteiger partial charge in [-0.1, -0.05) is 53.3 Å². The van der Waals surface area contributed by atoms with Crippen LogP contribution >= 0.6 is 34.7 Å². The van der Waals surface area contributed by atoms with E-state index in [1.54, 1.807) is 36.0 Å². The van der Waals surface area contributed by atoms with Gasteiger partial charge < -0.3 is 4.57 Å². The Morgan fingerprint density at radius 3 is 2.69 bits per heavy atom. The molecule has 0 radical (unpaired) electrons. The van der Waals surface area contributed by atoms with Crippen molar-refractivity contribution in [2.24, 2.45) is 4.99 Å². The molecular formula is C20H21ClN2O3S3. The van der Waals surface area contributed by atoms with E-state index in [-0.39, 0.29) is 17.9 Å². The van der Waals surface area contributed by atoms with Gasteiger partial charge in [-0.25, -0.2) is 8.42 Å². The third-order valence-electron chi connectivity index (χ3n) is 4.24. The third kappa shape index (κ3) is 6.18. The van der Waals surface area contributed by atoms with Gasteiger partial charge in [-0.15, -0.1) is 0 Å². The average molecular weight is 469 g/mol. The first-order valence-electron chi connectivity index (χ1n) is 8.98. The fourth-order valence-electron chi connectivity index (χ4n) is 2.84. The van der Waals surface area contributed by atoms with Crippen LogP contribution in [0.25, 0.3) is 10.2 Å². The second-order valence-corrected chi connectivity index (χ2v) is 11.1. The number of carbonyl (C=O) groups excluding carboxylic acids is 1. The number of fused-ring (bicyclic) bond motifs is 1. The molecule has 0 fully saturated rings. The van der Waals surface area contributed by atoms with E-state index in [0.717, 1.165) is 16.0 Å². The van der Waals surface area contributed by atoms with Gasteiger partial charge in [0.2, 0.25) is 5.91 Å². The lowest BCUT2D eigenvalue weighted by Crippen LogP contribution is -2.19. The molecule has 1 heterocycles.